The lowest BCUT2D eigenvalue weighted by Crippen LogP contribution is -2.23. The summed E-state index contributed by atoms with van der Waals surface area (Å²) in [6.07, 6.45) is 7.22. The summed E-state index contributed by atoms with van der Waals surface area (Å²) >= 11 is 1.83. The highest BCUT2D eigenvalue weighted by Crippen LogP contribution is 2.42. The van der Waals surface area contributed by atoms with Gasteiger partial charge < -0.3 is 16.0 Å². The van der Waals surface area contributed by atoms with Gasteiger partial charge in [0.05, 0.1) is 11.4 Å². The van der Waals surface area contributed by atoms with Gasteiger partial charge in [0, 0.05) is 36.6 Å². The number of anilines is 2. The molecule has 3 rings (SSSR count). The molecular weight excluding hydrogens is 356 g/mol. The van der Waals surface area contributed by atoms with Gasteiger partial charge in [-0.25, -0.2) is 0 Å². The molecule has 0 spiro atoms. The third-order valence-electron chi connectivity index (χ3n) is 4.61. The molecule has 1 aromatic carbocycles. The molecule has 0 fully saturated rings. The van der Waals surface area contributed by atoms with E-state index in [1.165, 1.54) is 11.3 Å². The van der Waals surface area contributed by atoms with E-state index < -0.39 is 0 Å². The summed E-state index contributed by atoms with van der Waals surface area (Å²) in [7, 11) is 0. The first-order valence-electron chi connectivity index (χ1n) is 9.28. The minimum atomic E-state index is 0.0222. The molecule has 2 aromatic rings. The fourth-order valence-corrected chi connectivity index (χ4v) is 4.31. The molecule has 1 unspecified atom stereocenters. The Labute approximate surface area is 165 Å². The van der Waals surface area contributed by atoms with E-state index in [-0.39, 0.29) is 5.91 Å². The first-order valence-corrected chi connectivity index (χ1v) is 10.2. The van der Waals surface area contributed by atoms with Gasteiger partial charge in [0.1, 0.15) is 5.37 Å². The lowest BCUT2D eigenvalue weighted by molar-refractivity contribution is -0.116. The molecule has 1 amide bonds. The zero-order chi connectivity index (χ0) is 19.1. The Balaban J connectivity index is 1.40. The first-order chi connectivity index (χ1) is 13.1. The lowest BCUT2D eigenvalue weighted by Gasteiger charge is -2.28. The number of unbranched alkanes of at least 4 members (excludes halogenated alkanes) is 2. The molecule has 2 heterocycles. The molecule has 0 aliphatic carbocycles. The average molecular weight is 383 g/mol. The number of thioether (sulfide) groups is 1. The number of nitrogens with two attached hydrogens (primary N) is 1. The van der Waals surface area contributed by atoms with E-state index in [1.54, 1.807) is 6.07 Å². The molecule has 3 N–H and O–H groups in total. The van der Waals surface area contributed by atoms with E-state index >= 15 is 0 Å². The number of nitrogen functional groups attached to an aromatic ring is 1. The third kappa shape index (κ3) is 5.26. The molecule has 142 valence electrons. The molecule has 6 heteroatoms. The van der Waals surface area contributed by atoms with Crippen LogP contribution in [0, 0.1) is 0 Å². The van der Waals surface area contributed by atoms with Crippen LogP contribution in [0.4, 0.5) is 11.4 Å². The number of hydrogen-bond acceptors (Lipinski definition) is 5. The fourth-order valence-electron chi connectivity index (χ4n) is 3.13. The predicted molar refractivity (Wildman–Crippen MR) is 113 cm³/mol. The van der Waals surface area contributed by atoms with Crippen LogP contribution in [0.15, 0.2) is 59.9 Å². The quantitative estimate of drug-likeness (QED) is 0.508. The smallest absolute Gasteiger partial charge is 0.224 e. The SMILES string of the molecule is CC1=CSC(c2cccnc2)N1CCCCCC(=O)Nc1ccccc1N. The predicted octanol–water partition coefficient (Wildman–Crippen LogP) is 4.77. The Morgan fingerprint density at radius 3 is 2.85 bits per heavy atom. The summed E-state index contributed by atoms with van der Waals surface area (Å²) < 4.78 is 0. The highest BCUT2D eigenvalue weighted by Gasteiger charge is 2.25. The minimum Gasteiger partial charge on any atom is -0.397 e. The van der Waals surface area contributed by atoms with Gasteiger partial charge in [-0.15, -0.1) is 11.8 Å². The molecule has 1 atom stereocenters. The number of carbonyl (C=O) groups is 1. The number of carbonyl (C=O) groups excluding carboxylic acids is 1. The third-order valence-corrected chi connectivity index (χ3v) is 5.87. The van der Waals surface area contributed by atoms with Crippen LogP contribution in [-0.4, -0.2) is 22.3 Å². The van der Waals surface area contributed by atoms with Gasteiger partial charge in [-0.05, 0) is 43.4 Å². The molecule has 1 aromatic heterocycles. The van der Waals surface area contributed by atoms with Crippen molar-refractivity contribution in [1.29, 1.82) is 0 Å². The van der Waals surface area contributed by atoms with E-state index in [0.29, 0.717) is 23.2 Å². The highest BCUT2D eigenvalue weighted by atomic mass is 32.2. The van der Waals surface area contributed by atoms with Crippen molar-refractivity contribution in [3.8, 4) is 0 Å². The molecule has 5 nitrogen and oxygen atoms in total. The zero-order valence-electron chi connectivity index (χ0n) is 15.6. The number of amides is 1. The average Bonchev–Trinajstić information content (AvgIpc) is 3.05. The molecule has 1 aliphatic rings. The highest BCUT2D eigenvalue weighted by molar-refractivity contribution is 8.02. The molecule has 1 aliphatic heterocycles. The van der Waals surface area contributed by atoms with Crippen LogP contribution < -0.4 is 11.1 Å². The monoisotopic (exact) mass is 382 g/mol. The number of allylic oxidation sites excluding steroid dienone is 1. The Hall–Kier alpha value is -2.47. The van der Waals surface area contributed by atoms with E-state index in [0.717, 1.165) is 25.8 Å². The summed E-state index contributed by atoms with van der Waals surface area (Å²) in [5, 5.41) is 5.41. The molecule has 27 heavy (non-hydrogen) atoms. The standard InChI is InChI=1S/C21H26N4OS/c1-16-15-27-21(17-8-7-12-23-14-17)25(16)13-6-2-3-11-20(26)24-19-10-5-4-9-18(19)22/h4-5,7-10,12,14-15,21H,2-3,6,11,13,22H2,1H3,(H,24,26). The summed E-state index contributed by atoms with van der Waals surface area (Å²) in [6.45, 7) is 3.14. The van der Waals surface area contributed by atoms with Crippen LogP contribution in [0.1, 0.15) is 43.5 Å². The van der Waals surface area contributed by atoms with E-state index in [4.69, 9.17) is 5.73 Å². The van der Waals surface area contributed by atoms with Gasteiger partial charge in [-0.3, -0.25) is 9.78 Å². The first kappa shape index (κ1) is 19.3. The Morgan fingerprint density at radius 2 is 2.07 bits per heavy atom. The van der Waals surface area contributed by atoms with Gasteiger partial charge in [0.2, 0.25) is 5.91 Å². The maximum atomic E-state index is 12.1. The number of para-hydroxylation sites is 2. The minimum absolute atomic E-state index is 0.0222. The van der Waals surface area contributed by atoms with Crippen LogP contribution >= 0.6 is 11.8 Å². The molecule has 0 bridgehead atoms. The number of aromatic nitrogens is 1. The van der Waals surface area contributed by atoms with Gasteiger partial charge in [0.25, 0.3) is 0 Å². The van der Waals surface area contributed by atoms with Crippen molar-refractivity contribution in [3.05, 3.63) is 65.5 Å². The fraction of sp³-hybridized carbons (Fsp3) is 0.333. The number of rotatable bonds is 8. The van der Waals surface area contributed by atoms with Gasteiger partial charge >= 0.3 is 0 Å². The van der Waals surface area contributed by atoms with Crippen molar-refractivity contribution in [2.24, 2.45) is 0 Å². The van der Waals surface area contributed by atoms with Crippen LogP contribution in [0.2, 0.25) is 0 Å². The number of hydrogen-bond donors (Lipinski definition) is 2. The molecular formula is C21H26N4OS. The number of benzene rings is 1. The Bertz CT molecular complexity index is 794. The van der Waals surface area contributed by atoms with E-state index in [2.05, 4.69) is 33.6 Å². The molecule has 0 radical (unpaired) electrons. The second-order valence-corrected chi connectivity index (χ2v) is 7.63. The second kappa shape index (κ2) is 9.46. The summed E-state index contributed by atoms with van der Waals surface area (Å²) in [6, 6.07) is 11.5. The summed E-state index contributed by atoms with van der Waals surface area (Å²) in [4.78, 5) is 18.7. The van der Waals surface area contributed by atoms with Gasteiger partial charge in [0.15, 0.2) is 0 Å². The molecule has 0 saturated carbocycles. The van der Waals surface area contributed by atoms with Crippen molar-refractivity contribution in [1.82, 2.24) is 9.88 Å². The van der Waals surface area contributed by atoms with Gasteiger partial charge in [-0.2, -0.15) is 0 Å². The van der Waals surface area contributed by atoms with Crippen molar-refractivity contribution < 1.29 is 4.79 Å². The summed E-state index contributed by atoms with van der Waals surface area (Å²) in [5.41, 5.74) is 9.68. The number of pyridine rings is 1. The van der Waals surface area contributed by atoms with Crippen LogP contribution in [0.5, 0.6) is 0 Å². The maximum Gasteiger partial charge on any atom is 0.224 e. The zero-order valence-corrected chi connectivity index (χ0v) is 16.4. The maximum absolute atomic E-state index is 12.1. The lowest BCUT2D eigenvalue weighted by atomic mass is 10.1. The van der Waals surface area contributed by atoms with E-state index in [9.17, 15) is 4.79 Å². The van der Waals surface area contributed by atoms with Gasteiger partial charge in [-0.1, -0.05) is 24.6 Å². The van der Waals surface area contributed by atoms with E-state index in [1.807, 2.05) is 48.4 Å². The van der Waals surface area contributed by atoms with Crippen molar-refractivity contribution in [3.63, 3.8) is 0 Å². The number of nitrogens with one attached hydrogen (secondary N) is 1. The topological polar surface area (TPSA) is 71.2 Å². The van der Waals surface area contributed by atoms with Crippen LogP contribution in [-0.2, 0) is 4.79 Å². The van der Waals surface area contributed by atoms with Crippen molar-refractivity contribution in [2.45, 2.75) is 38.0 Å². The normalized spacial score (nSPS) is 16.3. The van der Waals surface area contributed by atoms with Crippen molar-refractivity contribution >= 4 is 29.0 Å². The molecule has 0 saturated heterocycles. The Kier molecular flexibility index (Phi) is 6.76. The summed E-state index contributed by atoms with van der Waals surface area (Å²) in [5.74, 6) is 0.0222. The van der Waals surface area contributed by atoms with Crippen molar-refractivity contribution in [2.75, 3.05) is 17.6 Å². The van der Waals surface area contributed by atoms with Crippen LogP contribution in [0.25, 0.3) is 0 Å². The Morgan fingerprint density at radius 1 is 1.22 bits per heavy atom. The van der Waals surface area contributed by atoms with Crippen LogP contribution in [0.3, 0.4) is 0 Å². The number of nitrogens with zero attached hydrogens (tertiary/aromatic N) is 2. The second-order valence-electron chi connectivity index (χ2n) is 6.67. The largest absolute Gasteiger partial charge is 0.397 e.